The van der Waals surface area contributed by atoms with Gasteiger partial charge in [-0.25, -0.2) is 0 Å². The maximum absolute atomic E-state index is 12.7. The fraction of sp³-hybridized carbons (Fsp3) is 0.333. The molecule has 0 aliphatic heterocycles. The highest BCUT2D eigenvalue weighted by Gasteiger charge is 2.53. The van der Waals surface area contributed by atoms with Gasteiger partial charge in [0.25, 0.3) is 0 Å². The Labute approximate surface area is 152 Å². The molecule has 2 aromatic carbocycles. The molecule has 1 amide bonds. The van der Waals surface area contributed by atoms with E-state index in [1.54, 1.807) is 24.3 Å². The molecule has 2 aliphatic rings. The van der Waals surface area contributed by atoms with Gasteiger partial charge in [-0.05, 0) is 67.5 Å². The molecule has 134 valence electrons. The molecule has 2 N–H and O–H groups in total. The quantitative estimate of drug-likeness (QED) is 0.848. The molecule has 0 unspecified atom stereocenters. The van der Waals surface area contributed by atoms with Crippen LogP contribution in [0.5, 0.6) is 11.5 Å². The van der Waals surface area contributed by atoms with Crippen LogP contribution >= 0.6 is 0 Å². The minimum Gasteiger partial charge on any atom is -0.481 e. The number of amides is 1. The van der Waals surface area contributed by atoms with Gasteiger partial charge in [0.05, 0.1) is 11.8 Å². The fourth-order valence-electron chi connectivity index (χ4n) is 4.48. The number of ether oxygens (including phenoxy) is 1. The van der Waals surface area contributed by atoms with E-state index in [1.165, 1.54) is 0 Å². The van der Waals surface area contributed by atoms with Crippen LogP contribution in [0.2, 0.25) is 0 Å². The van der Waals surface area contributed by atoms with Crippen molar-refractivity contribution in [1.82, 2.24) is 0 Å². The summed E-state index contributed by atoms with van der Waals surface area (Å²) < 4.78 is 5.74. The molecule has 0 saturated heterocycles. The van der Waals surface area contributed by atoms with Crippen LogP contribution in [0.1, 0.15) is 19.3 Å². The SMILES string of the molecule is O=C(O)[C@H]1[C@H]2CC[C@H](C2)[C@@H]1C(=O)Nc1ccc(Oc2ccccc2)cc1. The Morgan fingerprint density at radius 2 is 1.50 bits per heavy atom. The fourth-order valence-corrected chi connectivity index (χ4v) is 4.48. The third-order valence-corrected chi connectivity index (χ3v) is 5.61. The van der Waals surface area contributed by atoms with Gasteiger partial charge in [0.15, 0.2) is 0 Å². The molecule has 0 spiro atoms. The van der Waals surface area contributed by atoms with Crippen molar-refractivity contribution in [3.63, 3.8) is 0 Å². The summed E-state index contributed by atoms with van der Waals surface area (Å²) in [6, 6.07) is 16.6. The van der Waals surface area contributed by atoms with Crippen molar-refractivity contribution in [3.8, 4) is 11.5 Å². The second-order valence-corrected chi connectivity index (χ2v) is 7.15. The van der Waals surface area contributed by atoms with Crippen molar-refractivity contribution in [1.29, 1.82) is 0 Å². The molecule has 0 radical (unpaired) electrons. The van der Waals surface area contributed by atoms with Crippen molar-refractivity contribution in [2.24, 2.45) is 23.7 Å². The largest absolute Gasteiger partial charge is 0.481 e. The van der Waals surface area contributed by atoms with Crippen LogP contribution in [-0.4, -0.2) is 17.0 Å². The zero-order valence-corrected chi connectivity index (χ0v) is 14.3. The number of para-hydroxylation sites is 1. The zero-order valence-electron chi connectivity index (χ0n) is 14.3. The first-order valence-corrected chi connectivity index (χ1v) is 8.98. The number of hydrogen-bond acceptors (Lipinski definition) is 3. The predicted octanol–water partition coefficient (Wildman–Crippen LogP) is 4.16. The highest BCUT2D eigenvalue weighted by molar-refractivity contribution is 5.96. The molecule has 0 aromatic heterocycles. The molecule has 2 fully saturated rings. The smallest absolute Gasteiger partial charge is 0.307 e. The van der Waals surface area contributed by atoms with Gasteiger partial charge >= 0.3 is 5.97 Å². The van der Waals surface area contributed by atoms with Crippen molar-refractivity contribution >= 4 is 17.6 Å². The number of carbonyl (C=O) groups is 2. The van der Waals surface area contributed by atoms with Crippen LogP contribution in [0.15, 0.2) is 54.6 Å². The number of anilines is 1. The lowest BCUT2D eigenvalue weighted by Crippen LogP contribution is -2.37. The molecule has 26 heavy (non-hydrogen) atoms. The topological polar surface area (TPSA) is 75.6 Å². The Morgan fingerprint density at radius 3 is 2.15 bits per heavy atom. The lowest BCUT2D eigenvalue weighted by molar-refractivity contribution is -0.148. The Morgan fingerprint density at radius 1 is 0.885 bits per heavy atom. The Hall–Kier alpha value is -2.82. The summed E-state index contributed by atoms with van der Waals surface area (Å²) in [5.41, 5.74) is 0.655. The lowest BCUT2D eigenvalue weighted by Gasteiger charge is -2.27. The first kappa shape index (κ1) is 16.6. The van der Waals surface area contributed by atoms with Gasteiger partial charge in [-0.2, -0.15) is 0 Å². The van der Waals surface area contributed by atoms with E-state index in [2.05, 4.69) is 5.32 Å². The summed E-state index contributed by atoms with van der Waals surface area (Å²) in [6.45, 7) is 0. The van der Waals surface area contributed by atoms with Crippen molar-refractivity contribution in [2.75, 3.05) is 5.32 Å². The third-order valence-electron chi connectivity index (χ3n) is 5.61. The Bertz CT molecular complexity index is 803. The number of carboxylic acid groups (broad SMARTS) is 1. The van der Waals surface area contributed by atoms with Gasteiger partial charge in [0.2, 0.25) is 5.91 Å². The molecule has 2 saturated carbocycles. The molecular weight excluding hydrogens is 330 g/mol. The van der Waals surface area contributed by atoms with Gasteiger partial charge in [-0.15, -0.1) is 0 Å². The van der Waals surface area contributed by atoms with E-state index in [4.69, 9.17) is 4.74 Å². The highest BCUT2D eigenvalue weighted by atomic mass is 16.5. The molecular formula is C21H21NO4. The summed E-state index contributed by atoms with van der Waals surface area (Å²) in [4.78, 5) is 24.3. The molecule has 4 rings (SSSR count). The zero-order chi connectivity index (χ0) is 18.1. The van der Waals surface area contributed by atoms with E-state index in [-0.39, 0.29) is 17.7 Å². The summed E-state index contributed by atoms with van der Waals surface area (Å²) >= 11 is 0. The standard InChI is InChI=1S/C21H21NO4/c23-20(18-13-6-7-14(12-13)19(18)21(24)25)22-15-8-10-17(11-9-15)26-16-4-2-1-3-5-16/h1-5,8-11,13-14,18-19H,6-7,12H2,(H,22,23)(H,24,25)/t13-,14+,18+,19+/m1/s1. The summed E-state index contributed by atoms with van der Waals surface area (Å²) in [5, 5.41) is 12.4. The van der Waals surface area contributed by atoms with E-state index < -0.39 is 17.8 Å². The van der Waals surface area contributed by atoms with Gasteiger partial charge in [0.1, 0.15) is 11.5 Å². The number of benzene rings is 2. The van der Waals surface area contributed by atoms with E-state index in [0.29, 0.717) is 11.4 Å². The normalized spacial score (nSPS) is 26.5. The van der Waals surface area contributed by atoms with Crippen LogP contribution in [0.4, 0.5) is 5.69 Å². The summed E-state index contributed by atoms with van der Waals surface area (Å²) in [7, 11) is 0. The number of aliphatic carboxylic acids is 1. The van der Waals surface area contributed by atoms with Crippen LogP contribution < -0.4 is 10.1 Å². The van der Waals surface area contributed by atoms with Gasteiger partial charge in [-0.3, -0.25) is 9.59 Å². The average molecular weight is 351 g/mol. The van der Waals surface area contributed by atoms with Crippen LogP contribution in [0.25, 0.3) is 0 Å². The van der Waals surface area contributed by atoms with Crippen molar-refractivity contribution in [3.05, 3.63) is 54.6 Å². The molecule has 4 atom stereocenters. The van der Waals surface area contributed by atoms with Gasteiger partial charge < -0.3 is 15.2 Å². The van der Waals surface area contributed by atoms with E-state index in [0.717, 1.165) is 25.0 Å². The van der Waals surface area contributed by atoms with Crippen LogP contribution in [-0.2, 0) is 9.59 Å². The van der Waals surface area contributed by atoms with Gasteiger partial charge in [0, 0.05) is 5.69 Å². The first-order chi connectivity index (χ1) is 12.6. The number of nitrogens with one attached hydrogen (secondary N) is 1. The maximum atomic E-state index is 12.7. The van der Waals surface area contributed by atoms with Crippen molar-refractivity contribution < 1.29 is 19.4 Å². The molecule has 5 heteroatoms. The third kappa shape index (κ3) is 3.17. The number of rotatable bonds is 5. The van der Waals surface area contributed by atoms with Gasteiger partial charge in [-0.1, -0.05) is 18.2 Å². The predicted molar refractivity (Wildman–Crippen MR) is 97.0 cm³/mol. The summed E-state index contributed by atoms with van der Waals surface area (Å²) in [5.74, 6) is -0.226. The lowest BCUT2D eigenvalue weighted by atomic mass is 9.78. The minimum absolute atomic E-state index is 0.148. The molecule has 5 nitrogen and oxygen atoms in total. The Balaban J connectivity index is 1.42. The van der Waals surface area contributed by atoms with E-state index in [9.17, 15) is 14.7 Å². The molecule has 2 aromatic rings. The Kier molecular flexibility index (Phi) is 4.37. The number of carboxylic acids is 1. The minimum atomic E-state index is -0.844. The first-order valence-electron chi connectivity index (χ1n) is 8.98. The maximum Gasteiger partial charge on any atom is 0.307 e. The number of carbonyl (C=O) groups excluding carboxylic acids is 1. The number of hydrogen-bond donors (Lipinski definition) is 2. The molecule has 0 heterocycles. The second-order valence-electron chi connectivity index (χ2n) is 7.15. The monoisotopic (exact) mass is 351 g/mol. The van der Waals surface area contributed by atoms with Crippen LogP contribution in [0.3, 0.4) is 0 Å². The second kappa shape index (κ2) is 6.83. The number of fused-ring (bicyclic) bond motifs is 2. The average Bonchev–Trinajstić information content (AvgIpc) is 3.25. The van der Waals surface area contributed by atoms with Crippen molar-refractivity contribution in [2.45, 2.75) is 19.3 Å². The van der Waals surface area contributed by atoms with E-state index in [1.807, 2.05) is 30.3 Å². The summed E-state index contributed by atoms with van der Waals surface area (Å²) in [6.07, 6.45) is 2.74. The molecule has 2 aliphatic carbocycles. The van der Waals surface area contributed by atoms with E-state index >= 15 is 0 Å². The van der Waals surface area contributed by atoms with Crippen LogP contribution in [0, 0.1) is 23.7 Å². The highest BCUT2D eigenvalue weighted by Crippen LogP contribution is 2.52. The molecule has 2 bridgehead atoms.